The second-order valence-electron chi connectivity index (χ2n) is 7.77. The number of benzene rings is 3. The van der Waals surface area contributed by atoms with Gasteiger partial charge in [-0.15, -0.1) is 0 Å². The SMILES string of the molecule is COc1ccc(OC)c(N(CC(=O)N[C@@H](C)c2ccc(OC)c(OC)c2)S(=O)(=O)c2ccccc2)c1. The number of ether oxygens (including phenoxy) is 4. The van der Waals surface area contributed by atoms with Crippen molar-refractivity contribution in [3.8, 4) is 23.0 Å². The zero-order valence-electron chi connectivity index (χ0n) is 20.8. The molecule has 1 atom stereocenters. The Kier molecular flexibility index (Phi) is 8.65. The van der Waals surface area contributed by atoms with Gasteiger partial charge in [0.1, 0.15) is 18.0 Å². The first-order chi connectivity index (χ1) is 17.2. The van der Waals surface area contributed by atoms with E-state index in [-0.39, 0.29) is 16.3 Å². The van der Waals surface area contributed by atoms with Gasteiger partial charge in [-0.25, -0.2) is 8.42 Å². The smallest absolute Gasteiger partial charge is 0.264 e. The van der Waals surface area contributed by atoms with E-state index >= 15 is 0 Å². The molecule has 0 aliphatic rings. The van der Waals surface area contributed by atoms with Crippen LogP contribution in [0, 0.1) is 0 Å². The highest BCUT2D eigenvalue weighted by atomic mass is 32.2. The van der Waals surface area contributed by atoms with Crippen LogP contribution in [0.25, 0.3) is 0 Å². The minimum atomic E-state index is -4.13. The molecule has 0 unspecified atom stereocenters. The summed E-state index contributed by atoms with van der Waals surface area (Å²) in [5.74, 6) is 1.26. The molecule has 10 heteroatoms. The van der Waals surface area contributed by atoms with Gasteiger partial charge in [-0.2, -0.15) is 0 Å². The Morgan fingerprint density at radius 1 is 0.833 bits per heavy atom. The summed E-state index contributed by atoms with van der Waals surface area (Å²) in [4.78, 5) is 13.2. The topological polar surface area (TPSA) is 103 Å². The van der Waals surface area contributed by atoms with Gasteiger partial charge < -0.3 is 24.3 Å². The summed E-state index contributed by atoms with van der Waals surface area (Å²) in [5.41, 5.74) is 0.937. The lowest BCUT2D eigenvalue weighted by molar-refractivity contribution is -0.120. The summed E-state index contributed by atoms with van der Waals surface area (Å²) in [6, 6.07) is 17.5. The summed E-state index contributed by atoms with van der Waals surface area (Å²) < 4.78 is 49.7. The quantitative estimate of drug-likeness (QED) is 0.415. The number of carbonyl (C=O) groups excluding carboxylic acids is 1. The molecule has 0 aromatic heterocycles. The molecule has 0 heterocycles. The molecule has 0 saturated heterocycles. The lowest BCUT2D eigenvalue weighted by Gasteiger charge is -2.27. The van der Waals surface area contributed by atoms with Crippen LogP contribution in [0.4, 0.5) is 5.69 Å². The predicted octanol–water partition coefficient (Wildman–Crippen LogP) is 3.79. The van der Waals surface area contributed by atoms with Gasteiger partial charge in [0.25, 0.3) is 10.0 Å². The van der Waals surface area contributed by atoms with Crippen molar-refractivity contribution in [2.24, 2.45) is 0 Å². The highest BCUT2D eigenvalue weighted by Crippen LogP contribution is 2.36. The van der Waals surface area contributed by atoms with E-state index in [9.17, 15) is 13.2 Å². The van der Waals surface area contributed by atoms with Gasteiger partial charge in [0, 0.05) is 6.07 Å². The molecule has 0 spiro atoms. The van der Waals surface area contributed by atoms with Gasteiger partial charge in [0.05, 0.1) is 45.1 Å². The molecular formula is C26H30N2O7S. The van der Waals surface area contributed by atoms with Crippen molar-refractivity contribution in [1.82, 2.24) is 5.32 Å². The number of methoxy groups -OCH3 is 4. The van der Waals surface area contributed by atoms with Gasteiger partial charge in [0.15, 0.2) is 11.5 Å². The molecule has 0 radical (unpaired) electrons. The fraction of sp³-hybridized carbons (Fsp3) is 0.269. The maximum Gasteiger partial charge on any atom is 0.264 e. The molecule has 3 rings (SSSR count). The largest absolute Gasteiger partial charge is 0.497 e. The monoisotopic (exact) mass is 514 g/mol. The number of nitrogens with one attached hydrogen (secondary N) is 1. The van der Waals surface area contributed by atoms with E-state index in [0.717, 1.165) is 9.87 Å². The molecule has 192 valence electrons. The first-order valence-electron chi connectivity index (χ1n) is 11.1. The van der Waals surface area contributed by atoms with Crippen molar-refractivity contribution >= 4 is 21.6 Å². The standard InChI is InChI=1S/C26H30N2O7S/c1-18(19-11-13-24(34-4)25(15-19)35-5)27-26(29)17-28(36(30,31)21-9-7-6-8-10-21)22-16-20(32-2)12-14-23(22)33-3/h6-16,18H,17H2,1-5H3,(H,27,29)/t18-/m0/s1. The van der Waals surface area contributed by atoms with E-state index in [1.54, 1.807) is 55.5 Å². The number of hydrogen-bond donors (Lipinski definition) is 1. The van der Waals surface area contributed by atoms with Gasteiger partial charge >= 0.3 is 0 Å². The second-order valence-corrected chi connectivity index (χ2v) is 9.63. The molecule has 3 aromatic carbocycles. The molecule has 1 N–H and O–H groups in total. The summed E-state index contributed by atoms with van der Waals surface area (Å²) in [6.07, 6.45) is 0. The number of hydrogen-bond acceptors (Lipinski definition) is 7. The molecule has 0 aliphatic carbocycles. The van der Waals surface area contributed by atoms with Crippen LogP contribution in [0.5, 0.6) is 23.0 Å². The average molecular weight is 515 g/mol. The predicted molar refractivity (Wildman–Crippen MR) is 137 cm³/mol. The molecule has 1 amide bonds. The van der Waals surface area contributed by atoms with Crippen molar-refractivity contribution < 1.29 is 32.2 Å². The van der Waals surface area contributed by atoms with Gasteiger partial charge in [0.2, 0.25) is 5.91 Å². The van der Waals surface area contributed by atoms with Crippen LogP contribution in [-0.2, 0) is 14.8 Å². The second kappa shape index (κ2) is 11.7. The Balaban J connectivity index is 1.96. The lowest BCUT2D eigenvalue weighted by atomic mass is 10.1. The van der Waals surface area contributed by atoms with E-state index in [1.807, 2.05) is 0 Å². The van der Waals surface area contributed by atoms with Crippen LogP contribution in [0.15, 0.2) is 71.6 Å². The third kappa shape index (κ3) is 5.83. The molecule has 9 nitrogen and oxygen atoms in total. The Hall–Kier alpha value is -3.92. The zero-order chi connectivity index (χ0) is 26.3. The summed E-state index contributed by atoms with van der Waals surface area (Å²) in [6.45, 7) is 1.31. The Morgan fingerprint density at radius 3 is 2.08 bits per heavy atom. The molecular weight excluding hydrogens is 484 g/mol. The Bertz CT molecular complexity index is 1300. The van der Waals surface area contributed by atoms with Gasteiger partial charge in [-0.05, 0) is 48.9 Å². The summed E-state index contributed by atoms with van der Waals surface area (Å²) >= 11 is 0. The summed E-state index contributed by atoms with van der Waals surface area (Å²) in [5, 5.41) is 2.86. The van der Waals surface area contributed by atoms with E-state index < -0.39 is 28.5 Å². The van der Waals surface area contributed by atoms with Crippen LogP contribution < -0.4 is 28.6 Å². The highest BCUT2D eigenvalue weighted by molar-refractivity contribution is 7.92. The maximum absolute atomic E-state index is 13.7. The zero-order valence-corrected chi connectivity index (χ0v) is 21.7. The number of carbonyl (C=O) groups is 1. The number of sulfonamides is 1. The van der Waals surface area contributed by atoms with Crippen molar-refractivity contribution in [2.45, 2.75) is 17.9 Å². The Labute approximate surface area is 211 Å². The van der Waals surface area contributed by atoms with Crippen molar-refractivity contribution in [3.63, 3.8) is 0 Å². The minimum Gasteiger partial charge on any atom is -0.497 e. The molecule has 0 bridgehead atoms. The van der Waals surface area contributed by atoms with Gasteiger partial charge in [-0.1, -0.05) is 24.3 Å². The molecule has 0 aliphatic heterocycles. The van der Waals surface area contributed by atoms with Crippen LogP contribution in [0.1, 0.15) is 18.5 Å². The van der Waals surface area contributed by atoms with Crippen LogP contribution in [-0.4, -0.2) is 49.3 Å². The first-order valence-corrected chi connectivity index (χ1v) is 12.5. The molecule has 36 heavy (non-hydrogen) atoms. The van der Waals surface area contributed by atoms with E-state index in [1.165, 1.54) is 46.6 Å². The average Bonchev–Trinajstić information content (AvgIpc) is 2.91. The van der Waals surface area contributed by atoms with E-state index in [2.05, 4.69) is 5.32 Å². The minimum absolute atomic E-state index is 0.0376. The number of amides is 1. The fourth-order valence-electron chi connectivity index (χ4n) is 3.63. The van der Waals surface area contributed by atoms with Crippen molar-refractivity contribution in [1.29, 1.82) is 0 Å². The third-order valence-electron chi connectivity index (χ3n) is 5.56. The third-order valence-corrected chi connectivity index (χ3v) is 7.33. The van der Waals surface area contributed by atoms with Crippen molar-refractivity contribution in [2.75, 3.05) is 39.3 Å². The number of rotatable bonds is 11. The number of anilines is 1. The normalized spacial score (nSPS) is 11.8. The molecule has 0 saturated carbocycles. The van der Waals surface area contributed by atoms with Crippen LogP contribution >= 0.6 is 0 Å². The van der Waals surface area contributed by atoms with E-state index in [4.69, 9.17) is 18.9 Å². The van der Waals surface area contributed by atoms with Crippen LogP contribution in [0.2, 0.25) is 0 Å². The molecule has 3 aromatic rings. The van der Waals surface area contributed by atoms with Crippen LogP contribution in [0.3, 0.4) is 0 Å². The molecule has 0 fully saturated rings. The maximum atomic E-state index is 13.7. The van der Waals surface area contributed by atoms with Crippen molar-refractivity contribution in [3.05, 3.63) is 72.3 Å². The summed E-state index contributed by atoms with van der Waals surface area (Å²) in [7, 11) is 1.84. The Morgan fingerprint density at radius 2 is 1.47 bits per heavy atom. The lowest BCUT2D eigenvalue weighted by Crippen LogP contribution is -2.41. The van der Waals surface area contributed by atoms with E-state index in [0.29, 0.717) is 17.2 Å². The highest BCUT2D eigenvalue weighted by Gasteiger charge is 2.30. The number of nitrogens with zero attached hydrogens (tertiary/aromatic N) is 1. The van der Waals surface area contributed by atoms with Gasteiger partial charge in [-0.3, -0.25) is 9.10 Å². The first kappa shape index (κ1) is 26.7. The fourth-order valence-corrected chi connectivity index (χ4v) is 5.08.